The van der Waals surface area contributed by atoms with Crippen LogP contribution in [0, 0.1) is 11.6 Å². The van der Waals surface area contributed by atoms with Crippen molar-refractivity contribution in [3.05, 3.63) is 29.1 Å². The summed E-state index contributed by atoms with van der Waals surface area (Å²) in [5, 5.41) is 0.0896. The van der Waals surface area contributed by atoms with Gasteiger partial charge in [-0.25, -0.2) is 18.7 Å². The Morgan fingerprint density at radius 2 is 2.07 bits per heavy atom. The van der Waals surface area contributed by atoms with Crippen LogP contribution in [0.2, 0.25) is 5.15 Å². The fraction of sp³-hybridized carbons (Fsp3) is 0.111. The van der Waals surface area contributed by atoms with Crippen LogP contribution in [0.4, 0.5) is 8.78 Å². The molecule has 6 heteroatoms. The normalized spacial score (nSPS) is 10.7. The zero-order valence-electron chi connectivity index (χ0n) is 7.59. The molecule has 0 atom stereocenters. The summed E-state index contributed by atoms with van der Waals surface area (Å²) in [5.41, 5.74) is -0.0971. The first-order chi connectivity index (χ1) is 7.13. The molecule has 1 heterocycles. The monoisotopic (exact) mass is 230 g/mol. The lowest BCUT2D eigenvalue weighted by Gasteiger charge is -2.05. The highest BCUT2D eigenvalue weighted by Gasteiger charge is 2.15. The number of methoxy groups -OCH3 is 1. The Balaban J connectivity index is 2.90. The predicted molar refractivity (Wildman–Crippen MR) is 51.0 cm³/mol. The molecule has 0 N–H and O–H groups in total. The van der Waals surface area contributed by atoms with Gasteiger partial charge in [0.25, 0.3) is 0 Å². The van der Waals surface area contributed by atoms with Crippen LogP contribution in [-0.2, 0) is 0 Å². The molecule has 0 amide bonds. The SMILES string of the molecule is COc1cc(F)c(F)c2ncc(Cl)nc12. The maximum atomic E-state index is 13.3. The van der Waals surface area contributed by atoms with Crippen LogP contribution >= 0.6 is 11.6 Å². The van der Waals surface area contributed by atoms with Crippen molar-refractivity contribution in [2.75, 3.05) is 7.11 Å². The number of benzene rings is 1. The second kappa shape index (κ2) is 3.58. The molecule has 1 aromatic heterocycles. The lowest BCUT2D eigenvalue weighted by atomic mass is 10.2. The Bertz CT molecular complexity index is 533. The van der Waals surface area contributed by atoms with E-state index in [0.29, 0.717) is 0 Å². The molecule has 0 spiro atoms. The smallest absolute Gasteiger partial charge is 0.186 e. The van der Waals surface area contributed by atoms with Crippen molar-refractivity contribution in [3.8, 4) is 5.75 Å². The Morgan fingerprint density at radius 1 is 1.33 bits per heavy atom. The van der Waals surface area contributed by atoms with Gasteiger partial charge < -0.3 is 4.74 Å². The van der Waals surface area contributed by atoms with Gasteiger partial charge in [0.1, 0.15) is 21.9 Å². The number of hydrogen-bond donors (Lipinski definition) is 0. The van der Waals surface area contributed by atoms with Crippen LogP contribution in [0.3, 0.4) is 0 Å². The number of fused-ring (bicyclic) bond motifs is 1. The van der Waals surface area contributed by atoms with E-state index in [9.17, 15) is 8.78 Å². The van der Waals surface area contributed by atoms with Gasteiger partial charge in [-0.15, -0.1) is 0 Å². The molecule has 0 saturated heterocycles. The van der Waals surface area contributed by atoms with Gasteiger partial charge in [0, 0.05) is 6.07 Å². The van der Waals surface area contributed by atoms with Crippen LogP contribution in [0.25, 0.3) is 11.0 Å². The summed E-state index contributed by atoms with van der Waals surface area (Å²) in [5.74, 6) is -2.00. The van der Waals surface area contributed by atoms with E-state index in [2.05, 4.69) is 9.97 Å². The van der Waals surface area contributed by atoms with E-state index in [0.717, 1.165) is 12.3 Å². The molecule has 0 bridgehead atoms. The summed E-state index contributed by atoms with van der Waals surface area (Å²) in [4.78, 5) is 7.48. The average molecular weight is 231 g/mol. The minimum absolute atomic E-state index is 0.0896. The third kappa shape index (κ3) is 1.59. The second-order valence-electron chi connectivity index (χ2n) is 2.76. The van der Waals surface area contributed by atoms with Gasteiger partial charge in [-0.3, -0.25) is 0 Å². The molecule has 0 aliphatic heterocycles. The summed E-state index contributed by atoms with van der Waals surface area (Å²) in [7, 11) is 1.33. The van der Waals surface area contributed by atoms with Crippen LogP contribution in [0.1, 0.15) is 0 Å². The number of aromatic nitrogens is 2. The van der Waals surface area contributed by atoms with Crippen LogP contribution < -0.4 is 4.74 Å². The van der Waals surface area contributed by atoms with E-state index >= 15 is 0 Å². The van der Waals surface area contributed by atoms with Crippen molar-refractivity contribution in [3.63, 3.8) is 0 Å². The molecule has 3 nitrogen and oxygen atoms in total. The zero-order valence-corrected chi connectivity index (χ0v) is 8.35. The topological polar surface area (TPSA) is 35.0 Å². The molecule has 1 aromatic carbocycles. The maximum absolute atomic E-state index is 13.3. The van der Waals surface area contributed by atoms with Crippen molar-refractivity contribution in [1.29, 1.82) is 0 Å². The zero-order chi connectivity index (χ0) is 11.0. The Morgan fingerprint density at radius 3 is 2.73 bits per heavy atom. The van der Waals surface area contributed by atoms with E-state index in [1.54, 1.807) is 0 Å². The lowest BCUT2D eigenvalue weighted by molar-refractivity contribution is 0.411. The molecule has 15 heavy (non-hydrogen) atoms. The van der Waals surface area contributed by atoms with Gasteiger partial charge in [0.2, 0.25) is 0 Å². The van der Waals surface area contributed by atoms with Gasteiger partial charge >= 0.3 is 0 Å². The predicted octanol–water partition coefficient (Wildman–Crippen LogP) is 2.57. The van der Waals surface area contributed by atoms with E-state index < -0.39 is 11.6 Å². The number of rotatable bonds is 1. The summed E-state index contributed by atoms with van der Waals surface area (Å²) in [6.45, 7) is 0. The summed E-state index contributed by atoms with van der Waals surface area (Å²) >= 11 is 5.59. The van der Waals surface area contributed by atoms with Crippen molar-refractivity contribution < 1.29 is 13.5 Å². The van der Waals surface area contributed by atoms with E-state index in [4.69, 9.17) is 16.3 Å². The molecule has 0 fully saturated rings. The number of hydrogen-bond acceptors (Lipinski definition) is 3. The molecule has 0 aliphatic rings. The Labute approximate surface area is 88.7 Å². The summed E-state index contributed by atoms with van der Waals surface area (Å²) in [6, 6.07) is 0.905. The highest BCUT2D eigenvalue weighted by molar-refractivity contribution is 6.29. The van der Waals surface area contributed by atoms with Crippen molar-refractivity contribution in [1.82, 2.24) is 9.97 Å². The van der Waals surface area contributed by atoms with Crippen LogP contribution in [0.15, 0.2) is 12.3 Å². The molecule has 2 rings (SSSR count). The Kier molecular flexibility index (Phi) is 2.40. The first-order valence-electron chi connectivity index (χ1n) is 3.97. The van der Waals surface area contributed by atoms with Crippen molar-refractivity contribution in [2.45, 2.75) is 0 Å². The summed E-state index contributed by atoms with van der Waals surface area (Å²) < 4.78 is 31.2. The van der Waals surface area contributed by atoms with Gasteiger partial charge in [-0.1, -0.05) is 11.6 Å². The Hall–Kier alpha value is -1.49. The standard InChI is InChI=1S/C9H5ClF2N2O/c1-15-5-2-4(11)7(12)9-8(5)14-6(10)3-13-9/h2-3H,1H3. The molecule has 78 valence electrons. The molecular weight excluding hydrogens is 226 g/mol. The molecule has 0 aliphatic carbocycles. The lowest BCUT2D eigenvalue weighted by Crippen LogP contribution is -1.96. The first-order valence-corrected chi connectivity index (χ1v) is 4.35. The molecular formula is C9H5ClF2N2O. The minimum Gasteiger partial charge on any atom is -0.494 e. The van der Waals surface area contributed by atoms with E-state index in [1.807, 2.05) is 0 Å². The fourth-order valence-electron chi connectivity index (χ4n) is 1.22. The first kappa shape index (κ1) is 10.0. The molecule has 0 radical (unpaired) electrons. The largest absolute Gasteiger partial charge is 0.494 e. The molecule has 0 unspecified atom stereocenters. The van der Waals surface area contributed by atoms with E-state index in [-0.39, 0.29) is 21.9 Å². The van der Waals surface area contributed by atoms with Crippen molar-refractivity contribution in [2.24, 2.45) is 0 Å². The third-order valence-electron chi connectivity index (χ3n) is 1.87. The van der Waals surface area contributed by atoms with Gasteiger partial charge in [0.05, 0.1) is 13.3 Å². The van der Waals surface area contributed by atoms with Crippen molar-refractivity contribution >= 4 is 22.6 Å². The van der Waals surface area contributed by atoms with Gasteiger partial charge in [-0.2, -0.15) is 0 Å². The quantitative estimate of drug-likeness (QED) is 0.755. The summed E-state index contributed by atoms with van der Waals surface area (Å²) in [6.07, 6.45) is 1.14. The van der Waals surface area contributed by atoms with E-state index in [1.165, 1.54) is 7.11 Å². The molecule has 0 saturated carbocycles. The second-order valence-corrected chi connectivity index (χ2v) is 3.15. The minimum atomic E-state index is -1.06. The highest BCUT2D eigenvalue weighted by Crippen LogP contribution is 2.27. The van der Waals surface area contributed by atoms with Gasteiger partial charge in [0.15, 0.2) is 11.6 Å². The number of ether oxygens (including phenoxy) is 1. The number of nitrogens with zero attached hydrogens (tertiary/aromatic N) is 2. The molecule has 2 aromatic rings. The van der Waals surface area contributed by atoms with Crippen LogP contribution in [-0.4, -0.2) is 17.1 Å². The average Bonchev–Trinajstić information content (AvgIpc) is 2.23. The maximum Gasteiger partial charge on any atom is 0.186 e. The highest BCUT2D eigenvalue weighted by atomic mass is 35.5. The number of halogens is 3. The fourth-order valence-corrected chi connectivity index (χ4v) is 1.35. The van der Waals surface area contributed by atoms with Gasteiger partial charge in [-0.05, 0) is 0 Å². The third-order valence-corrected chi connectivity index (χ3v) is 2.05. The van der Waals surface area contributed by atoms with Crippen LogP contribution in [0.5, 0.6) is 5.75 Å².